The maximum absolute atomic E-state index is 12.5. The van der Waals surface area contributed by atoms with Crippen LogP contribution in [0.5, 0.6) is 0 Å². The van der Waals surface area contributed by atoms with E-state index in [-0.39, 0.29) is 22.8 Å². The standard InChI is InChI=1S/C12H16N4O3S/c13-14-10-4-1-3-9(11(10)16(18)19)12(17)15-5-2-7-20-8-6-15/h1,3-4,14H,2,5-8,13H2. The minimum atomic E-state index is -0.574. The van der Waals surface area contributed by atoms with Crippen LogP contribution in [-0.2, 0) is 0 Å². The number of nitrogen functional groups attached to an aromatic ring is 1. The number of hydrazine groups is 1. The second-order valence-electron chi connectivity index (χ2n) is 4.36. The van der Waals surface area contributed by atoms with E-state index in [0.717, 1.165) is 17.9 Å². The number of nitro groups is 1. The summed E-state index contributed by atoms with van der Waals surface area (Å²) in [6.45, 7) is 1.24. The lowest BCUT2D eigenvalue weighted by Crippen LogP contribution is -2.33. The van der Waals surface area contributed by atoms with Crippen molar-refractivity contribution in [2.45, 2.75) is 6.42 Å². The summed E-state index contributed by atoms with van der Waals surface area (Å²) < 4.78 is 0. The maximum Gasteiger partial charge on any atom is 0.306 e. The van der Waals surface area contributed by atoms with Gasteiger partial charge in [0.2, 0.25) is 0 Å². The molecule has 0 bridgehead atoms. The van der Waals surface area contributed by atoms with Crippen molar-refractivity contribution in [3.63, 3.8) is 0 Å². The molecule has 108 valence electrons. The van der Waals surface area contributed by atoms with Crippen molar-refractivity contribution in [2.24, 2.45) is 5.84 Å². The van der Waals surface area contributed by atoms with E-state index in [1.807, 2.05) is 0 Å². The molecule has 0 aliphatic carbocycles. The molecule has 0 atom stereocenters. The van der Waals surface area contributed by atoms with Crippen LogP contribution in [0, 0.1) is 10.1 Å². The molecule has 0 aromatic heterocycles. The van der Waals surface area contributed by atoms with Crippen LogP contribution in [0.3, 0.4) is 0 Å². The number of carbonyl (C=O) groups is 1. The van der Waals surface area contributed by atoms with E-state index in [9.17, 15) is 14.9 Å². The molecular weight excluding hydrogens is 280 g/mol. The predicted molar refractivity (Wildman–Crippen MR) is 78.8 cm³/mol. The van der Waals surface area contributed by atoms with Crippen LogP contribution in [0.15, 0.2) is 18.2 Å². The van der Waals surface area contributed by atoms with Crippen LogP contribution < -0.4 is 11.3 Å². The van der Waals surface area contributed by atoms with Gasteiger partial charge in [0.25, 0.3) is 5.91 Å². The first kappa shape index (κ1) is 14.6. The lowest BCUT2D eigenvalue weighted by atomic mass is 10.1. The SMILES string of the molecule is NNc1cccc(C(=O)N2CCCSCC2)c1[N+](=O)[O-]. The van der Waals surface area contributed by atoms with Crippen molar-refractivity contribution < 1.29 is 9.72 Å². The zero-order chi connectivity index (χ0) is 14.5. The number of rotatable bonds is 3. The fourth-order valence-corrected chi connectivity index (χ4v) is 3.04. The number of hydrogen-bond donors (Lipinski definition) is 2. The molecule has 1 heterocycles. The van der Waals surface area contributed by atoms with Crippen molar-refractivity contribution in [3.8, 4) is 0 Å². The Morgan fingerprint density at radius 1 is 1.40 bits per heavy atom. The molecular formula is C12H16N4O3S. The summed E-state index contributed by atoms with van der Waals surface area (Å²) in [7, 11) is 0. The smallest absolute Gasteiger partial charge is 0.306 e. The topological polar surface area (TPSA) is 102 Å². The van der Waals surface area contributed by atoms with Crippen molar-refractivity contribution in [1.29, 1.82) is 0 Å². The molecule has 0 saturated carbocycles. The van der Waals surface area contributed by atoms with Gasteiger partial charge in [-0.3, -0.25) is 20.8 Å². The molecule has 8 heteroatoms. The second kappa shape index (κ2) is 6.58. The highest BCUT2D eigenvalue weighted by Crippen LogP contribution is 2.29. The fourth-order valence-electron chi connectivity index (χ4n) is 2.15. The van der Waals surface area contributed by atoms with Gasteiger partial charge in [-0.05, 0) is 24.3 Å². The number of nitrogens with one attached hydrogen (secondary N) is 1. The van der Waals surface area contributed by atoms with Crippen LogP contribution in [-0.4, -0.2) is 40.3 Å². The molecule has 2 rings (SSSR count). The van der Waals surface area contributed by atoms with E-state index in [1.165, 1.54) is 12.1 Å². The van der Waals surface area contributed by atoms with E-state index < -0.39 is 4.92 Å². The molecule has 0 radical (unpaired) electrons. The maximum atomic E-state index is 12.5. The van der Waals surface area contributed by atoms with Gasteiger partial charge in [-0.2, -0.15) is 11.8 Å². The van der Waals surface area contributed by atoms with Gasteiger partial charge in [-0.25, -0.2) is 0 Å². The van der Waals surface area contributed by atoms with E-state index in [4.69, 9.17) is 5.84 Å². The minimum Gasteiger partial charge on any atom is -0.338 e. The zero-order valence-electron chi connectivity index (χ0n) is 10.9. The number of benzene rings is 1. The Bertz CT molecular complexity index is 515. The van der Waals surface area contributed by atoms with Crippen LogP contribution >= 0.6 is 11.8 Å². The molecule has 7 nitrogen and oxygen atoms in total. The van der Waals surface area contributed by atoms with Gasteiger partial charge in [-0.1, -0.05) is 6.07 Å². The van der Waals surface area contributed by atoms with E-state index in [2.05, 4.69) is 5.43 Å². The third-order valence-corrected chi connectivity index (χ3v) is 4.16. The summed E-state index contributed by atoms with van der Waals surface area (Å²) >= 11 is 1.79. The highest BCUT2D eigenvalue weighted by atomic mass is 32.2. The van der Waals surface area contributed by atoms with Crippen LogP contribution in [0.2, 0.25) is 0 Å². The van der Waals surface area contributed by atoms with Gasteiger partial charge >= 0.3 is 5.69 Å². The Hall–Kier alpha value is -1.80. The lowest BCUT2D eigenvalue weighted by Gasteiger charge is -2.20. The predicted octanol–water partition coefficient (Wildman–Crippen LogP) is 1.46. The Balaban J connectivity index is 2.35. The quantitative estimate of drug-likeness (QED) is 0.497. The van der Waals surface area contributed by atoms with Gasteiger partial charge in [0, 0.05) is 18.8 Å². The lowest BCUT2D eigenvalue weighted by molar-refractivity contribution is -0.384. The molecule has 0 spiro atoms. The summed E-state index contributed by atoms with van der Waals surface area (Å²) in [5.74, 6) is 6.83. The van der Waals surface area contributed by atoms with Crippen molar-refractivity contribution >= 4 is 29.0 Å². The van der Waals surface area contributed by atoms with Gasteiger partial charge in [0.1, 0.15) is 11.3 Å². The Morgan fingerprint density at radius 3 is 2.90 bits per heavy atom. The third kappa shape index (κ3) is 3.02. The van der Waals surface area contributed by atoms with E-state index in [1.54, 1.807) is 22.7 Å². The summed E-state index contributed by atoms with van der Waals surface area (Å²) in [4.78, 5) is 24.8. The van der Waals surface area contributed by atoms with Gasteiger partial charge in [0.15, 0.2) is 0 Å². The summed E-state index contributed by atoms with van der Waals surface area (Å²) in [5.41, 5.74) is 2.23. The third-order valence-electron chi connectivity index (χ3n) is 3.11. The highest BCUT2D eigenvalue weighted by Gasteiger charge is 2.27. The number of hydrogen-bond acceptors (Lipinski definition) is 6. The van der Waals surface area contributed by atoms with Crippen LogP contribution in [0.1, 0.15) is 16.8 Å². The number of amides is 1. The Labute approximate surface area is 120 Å². The summed E-state index contributed by atoms with van der Waals surface area (Å²) in [6.07, 6.45) is 0.902. The van der Waals surface area contributed by atoms with E-state index >= 15 is 0 Å². The van der Waals surface area contributed by atoms with E-state index in [0.29, 0.717) is 13.1 Å². The first-order chi connectivity index (χ1) is 9.65. The number of anilines is 1. The molecule has 1 fully saturated rings. The normalized spacial score (nSPS) is 15.6. The molecule has 3 N–H and O–H groups in total. The Kier molecular flexibility index (Phi) is 4.80. The first-order valence-electron chi connectivity index (χ1n) is 6.26. The number of nitrogens with zero attached hydrogens (tertiary/aromatic N) is 2. The molecule has 1 saturated heterocycles. The molecule has 1 aromatic rings. The zero-order valence-corrected chi connectivity index (χ0v) is 11.7. The monoisotopic (exact) mass is 296 g/mol. The fraction of sp³-hybridized carbons (Fsp3) is 0.417. The first-order valence-corrected chi connectivity index (χ1v) is 7.41. The molecule has 0 unspecified atom stereocenters. The largest absolute Gasteiger partial charge is 0.338 e. The number of carbonyl (C=O) groups excluding carboxylic acids is 1. The van der Waals surface area contributed by atoms with Crippen molar-refractivity contribution in [1.82, 2.24) is 4.90 Å². The number of nitrogens with two attached hydrogens (primary N) is 1. The van der Waals surface area contributed by atoms with Crippen LogP contribution in [0.4, 0.5) is 11.4 Å². The van der Waals surface area contributed by atoms with Gasteiger partial charge < -0.3 is 10.3 Å². The number of para-hydroxylation sites is 1. The second-order valence-corrected chi connectivity index (χ2v) is 5.59. The average Bonchev–Trinajstić information content (AvgIpc) is 2.74. The summed E-state index contributed by atoms with van der Waals surface area (Å²) in [5, 5.41) is 11.2. The highest BCUT2D eigenvalue weighted by molar-refractivity contribution is 7.99. The molecule has 1 aliphatic rings. The van der Waals surface area contributed by atoms with Gasteiger partial charge in [-0.15, -0.1) is 0 Å². The minimum absolute atomic E-state index is 0.0809. The van der Waals surface area contributed by atoms with Crippen molar-refractivity contribution in [3.05, 3.63) is 33.9 Å². The summed E-state index contributed by atoms with van der Waals surface area (Å²) in [6, 6.07) is 4.54. The molecule has 1 amide bonds. The van der Waals surface area contributed by atoms with Crippen LogP contribution in [0.25, 0.3) is 0 Å². The molecule has 1 aromatic carbocycles. The van der Waals surface area contributed by atoms with Crippen molar-refractivity contribution in [2.75, 3.05) is 30.0 Å². The number of thioether (sulfide) groups is 1. The Morgan fingerprint density at radius 2 is 2.20 bits per heavy atom. The average molecular weight is 296 g/mol. The number of nitro benzene ring substituents is 1. The molecule has 1 aliphatic heterocycles. The van der Waals surface area contributed by atoms with Gasteiger partial charge in [0.05, 0.1) is 4.92 Å². The molecule has 20 heavy (non-hydrogen) atoms.